The van der Waals surface area contributed by atoms with E-state index in [1.54, 1.807) is 0 Å². The number of aliphatic hydroxyl groups is 3. The topological polar surface area (TPSA) is 74.9 Å². The van der Waals surface area contributed by atoms with Gasteiger partial charge in [0.15, 0.2) is 6.23 Å². The highest BCUT2D eigenvalue weighted by Crippen LogP contribution is 2.40. The van der Waals surface area contributed by atoms with Crippen LogP contribution >= 0.6 is 11.6 Å². The fraction of sp³-hybridized carbons (Fsp3) is 0.391. The Hall–Kier alpha value is -1.89. The smallest absolute Gasteiger partial charge is 0.162 e. The molecule has 0 spiro atoms. The highest BCUT2D eigenvalue weighted by atomic mass is 35.5. The minimum absolute atomic E-state index is 0.0406. The minimum atomic E-state index is -1.26. The molecule has 1 aliphatic carbocycles. The number of nitrogens with zero attached hydrogens (tertiary/aromatic N) is 1. The third kappa shape index (κ3) is 3.47. The Morgan fingerprint density at radius 3 is 2.48 bits per heavy atom. The summed E-state index contributed by atoms with van der Waals surface area (Å²) in [7, 11) is 0. The molecule has 1 saturated carbocycles. The molecule has 29 heavy (non-hydrogen) atoms. The summed E-state index contributed by atoms with van der Waals surface area (Å²) in [6.45, 7) is -0.0406. The lowest BCUT2D eigenvalue weighted by molar-refractivity contribution is -0.209. The molecule has 2 heterocycles. The van der Waals surface area contributed by atoms with E-state index in [0.29, 0.717) is 11.4 Å². The van der Waals surface area contributed by atoms with Crippen molar-refractivity contribution in [1.29, 1.82) is 0 Å². The van der Waals surface area contributed by atoms with Crippen molar-refractivity contribution >= 4 is 22.5 Å². The summed E-state index contributed by atoms with van der Waals surface area (Å²) in [5.74, 6) is 0.729. The number of hydrogen-bond acceptors (Lipinski definition) is 4. The number of fused-ring (bicyclic) bond motifs is 1. The number of rotatable bonds is 4. The summed E-state index contributed by atoms with van der Waals surface area (Å²) in [4.78, 5) is 0. The molecule has 1 saturated heterocycles. The fourth-order valence-corrected chi connectivity index (χ4v) is 4.56. The molecule has 2 aliphatic rings. The lowest BCUT2D eigenvalue weighted by atomic mass is 10.0. The van der Waals surface area contributed by atoms with E-state index in [1.165, 1.54) is 24.0 Å². The zero-order valence-corrected chi connectivity index (χ0v) is 16.7. The zero-order chi connectivity index (χ0) is 20.1. The van der Waals surface area contributed by atoms with E-state index in [2.05, 4.69) is 24.3 Å². The van der Waals surface area contributed by atoms with E-state index < -0.39 is 24.5 Å². The van der Waals surface area contributed by atoms with Crippen LogP contribution in [0, 0.1) is 0 Å². The van der Waals surface area contributed by atoms with Crippen LogP contribution in [0.4, 0.5) is 0 Å². The van der Waals surface area contributed by atoms with Crippen molar-refractivity contribution in [3.63, 3.8) is 0 Å². The van der Waals surface area contributed by atoms with E-state index in [1.807, 2.05) is 29.0 Å². The van der Waals surface area contributed by atoms with Gasteiger partial charge in [0.2, 0.25) is 0 Å². The number of benzene rings is 2. The summed E-state index contributed by atoms with van der Waals surface area (Å²) in [5.41, 5.74) is 4.45. The van der Waals surface area contributed by atoms with Gasteiger partial charge < -0.3 is 24.6 Å². The maximum absolute atomic E-state index is 10.5. The van der Waals surface area contributed by atoms with Crippen LogP contribution in [-0.4, -0.2) is 44.8 Å². The highest BCUT2D eigenvalue weighted by Gasteiger charge is 2.39. The van der Waals surface area contributed by atoms with Crippen LogP contribution in [0.15, 0.2) is 48.7 Å². The summed E-state index contributed by atoms with van der Waals surface area (Å²) >= 11 is 6.54. The minimum Gasteiger partial charge on any atom is -0.388 e. The highest BCUT2D eigenvalue weighted by molar-refractivity contribution is 6.35. The Balaban J connectivity index is 1.52. The van der Waals surface area contributed by atoms with Crippen molar-refractivity contribution in [3.05, 3.63) is 70.4 Å². The first kappa shape index (κ1) is 19.1. The summed E-state index contributed by atoms with van der Waals surface area (Å²) < 4.78 is 7.49. The Labute approximate surface area is 174 Å². The van der Waals surface area contributed by atoms with Crippen molar-refractivity contribution in [1.82, 2.24) is 4.57 Å². The first-order valence-corrected chi connectivity index (χ1v) is 10.4. The molecule has 1 aromatic heterocycles. The molecular weight excluding hydrogens is 390 g/mol. The fourth-order valence-electron chi connectivity index (χ4n) is 4.27. The van der Waals surface area contributed by atoms with Crippen LogP contribution in [0.2, 0.25) is 5.02 Å². The van der Waals surface area contributed by atoms with Gasteiger partial charge >= 0.3 is 0 Å². The maximum Gasteiger partial charge on any atom is 0.162 e. The molecule has 0 unspecified atom stereocenters. The molecule has 2 aromatic carbocycles. The lowest BCUT2D eigenvalue weighted by Crippen LogP contribution is -2.50. The molecule has 152 valence electrons. The number of hydrogen-bond donors (Lipinski definition) is 3. The Morgan fingerprint density at radius 1 is 1.00 bits per heavy atom. The van der Waals surface area contributed by atoms with Gasteiger partial charge in [0.05, 0.1) is 17.1 Å². The van der Waals surface area contributed by atoms with Gasteiger partial charge in [0.1, 0.15) is 18.3 Å². The van der Waals surface area contributed by atoms with Gasteiger partial charge in [-0.3, -0.25) is 0 Å². The molecule has 2 fully saturated rings. The molecule has 6 heteroatoms. The molecule has 1 aliphatic heterocycles. The SMILES string of the molecule is O[C@@H]1[C@@H](O)[C@H](n2cc(Cc3ccc(C4CC4)cc3)c3c(Cl)cccc32)OC[C@H]1O. The van der Waals surface area contributed by atoms with Gasteiger partial charge in [-0.25, -0.2) is 0 Å². The zero-order valence-electron chi connectivity index (χ0n) is 15.9. The van der Waals surface area contributed by atoms with E-state index in [-0.39, 0.29) is 6.61 Å². The van der Waals surface area contributed by atoms with Crippen LogP contribution in [0.1, 0.15) is 41.7 Å². The van der Waals surface area contributed by atoms with Gasteiger partial charge in [-0.05, 0) is 54.0 Å². The number of aromatic nitrogens is 1. The van der Waals surface area contributed by atoms with Crippen LogP contribution in [-0.2, 0) is 11.2 Å². The molecule has 5 nitrogen and oxygen atoms in total. The van der Waals surface area contributed by atoms with Gasteiger partial charge in [-0.1, -0.05) is 41.9 Å². The quantitative estimate of drug-likeness (QED) is 0.613. The van der Waals surface area contributed by atoms with Gasteiger partial charge in [0.25, 0.3) is 0 Å². The molecule has 0 radical (unpaired) electrons. The lowest BCUT2D eigenvalue weighted by Gasteiger charge is -2.36. The largest absolute Gasteiger partial charge is 0.388 e. The van der Waals surface area contributed by atoms with Crippen molar-refractivity contribution < 1.29 is 20.1 Å². The second-order valence-electron chi connectivity index (χ2n) is 8.16. The number of ether oxygens (including phenoxy) is 1. The normalized spacial score (nSPS) is 27.4. The molecule has 0 amide bonds. The third-order valence-corrected chi connectivity index (χ3v) is 6.37. The van der Waals surface area contributed by atoms with E-state index in [0.717, 1.165) is 22.4 Å². The van der Waals surface area contributed by atoms with Crippen LogP contribution < -0.4 is 0 Å². The molecular formula is C23H24ClNO4. The van der Waals surface area contributed by atoms with Crippen molar-refractivity contribution in [2.75, 3.05) is 6.61 Å². The predicted octanol–water partition coefficient (Wildman–Crippen LogP) is 3.37. The average molecular weight is 414 g/mol. The Morgan fingerprint density at radius 2 is 1.76 bits per heavy atom. The first-order valence-electron chi connectivity index (χ1n) is 10.1. The number of halogens is 1. The van der Waals surface area contributed by atoms with E-state index >= 15 is 0 Å². The molecule has 4 atom stereocenters. The van der Waals surface area contributed by atoms with Gasteiger partial charge in [-0.2, -0.15) is 0 Å². The van der Waals surface area contributed by atoms with Crippen LogP contribution in [0.25, 0.3) is 10.9 Å². The van der Waals surface area contributed by atoms with Gasteiger partial charge in [-0.15, -0.1) is 0 Å². The van der Waals surface area contributed by atoms with Crippen molar-refractivity contribution in [2.24, 2.45) is 0 Å². The first-order chi connectivity index (χ1) is 14.0. The molecule has 3 aromatic rings. The van der Waals surface area contributed by atoms with Crippen LogP contribution in [0.5, 0.6) is 0 Å². The van der Waals surface area contributed by atoms with Crippen molar-refractivity contribution in [2.45, 2.75) is 49.7 Å². The summed E-state index contributed by atoms with van der Waals surface area (Å²) in [6, 6.07) is 14.4. The summed E-state index contributed by atoms with van der Waals surface area (Å²) in [5, 5.41) is 31.9. The van der Waals surface area contributed by atoms with Gasteiger partial charge in [0, 0.05) is 11.6 Å². The molecule has 3 N–H and O–H groups in total. The van der Waals surface area contributed by atoms with E-state index in [4.69, 9.17) is 16.3 Å². The molecule has 5 rings (SSSR count). The molecule has 0 bridgehead atoms. The predicted molar refractivity (Wildman–Crippen MR) is 111 cm³/mol. The second kappa shape index (κ2) is 7.42. The second-order valence-corrected chi connectivity index (χ2v) is 8.57. The Kier molecular flexibility index (Phi) is 4.88. The van der Waals surface area contributed by atoms with Crippen LogP contribution in [0.3, 0.4) is 0 Å². The third-order valence-electron chi connectivity index (χ3n) is 6.06. The Bertz CT molecular complexity index is 1030. The van der Waals surface area contributed by atoms with Crippen molar-refractivity contribution in [3.8, 4) is 0 Å². The van der Waals surface area contributed by atoms with E-state index in [9.17, 15) is 15.3 Å². The average Bonchev–Trinajstić information content (AvgIpc) is 3.50. The maximum atomic E-state index is 10.5. The monoisotopic (exact) mass is 413 g/mol. The number of aliphatic hydroxyl groups excluding tert-OH is 3. The summed E-state index contributed by atoms with van der Waals surface area (Å²) in [6.07, 6.45) is 0.814. The standard InChI is InChI=1S/C23H24ClNO4/c24-17-2-1-3-18-20(17)16(10-13-4-6-14(7-5-13)15-8-9-15)11-25(18)23-22(28)21(27)19(26)12-29-23/h1-7,11,15,19,21-23,26-28H,8-10,12H2/t19-,21+,22-,23-/m1/s1.